The molecule has 0 amide bonds. The molecule has 0 nitrogen and oxygen atoms in total. The van der Waals surface area contributed by atoms with E-state index in [-0.39, 0.29) is 15.8 Å². The lowest BCUT2D eigenvalue weighted by Crippen LogP contribution is -2.14. The van der Waals surface area contributed by atoms with Crippen molar-refractivity contribution in [1.82, 2.24) is 0 Å². The second-order valence-electron chi connectivity index (χ2n) is 8.17. The van der Waals surface area contributed by atoms with Crippen LogP contribution in [0.1, 0.15) is 74.1 Å². The number of rotatable bonds is 2. The zero-order valence-corrected chi connectivity index (χ0v) is 16.4. The van der Waals surface area contributed by atoms with Crippen LogP contribution in [0.5, 0.6) is 0 Å². The molecule has 5 atom stereocenters. The van der Waals surface area contributed by atoms with Gasteiger partial charge in [0.15, 0.2) is 0 Å². The van der Waals surface area contributed by atoms with Crippen molar-refractivity contribution in [2.75, 3.05) is 0 Å². The SMILES string of the molecule is CC1CC[C@@H](C)P1C(=CP1[C@H](C)CC[C@H]1C)C(C)(C)C. The molecule has 2 rings (SSSR count). The molecule has 0 aromatic rings. The minimum atomic E-state index is 0.104. The molecule has 2 saturated heterocycles. The van der Waals surface area contributed by atoms with E-state index in [9.17, 15) is 0 Å². The van der Waals surface area contributed by atoms with Gasteiger partial charge in [-0.25, -0.2) is 0 Å². The van der Waals surface area contributed by atoms with E-state index in [1.54, 1.807) is 0 Å². The maximum atomic E-state index is 2.84. The summed E-state index contributed by atoms with van der Waals surface area (Å²) in [6, 6.07) is 0. The van der Waals surface area contributed by atoms with Crippen molar-refractivity contribution in [3.63, 3.8) is 0 Å². The van der Waals surface area contributed by atoms with E-state index in [4.69, 9.17) is 0 Å². The van der Waals surface area contributed by atoms with Crippen LogP contribution in [0, 0.1) is 5.41 Å². The second kappa shape index (κ2) is 6.38. The average molecular weight is 312 g/mol. The highest BCUT2D eigenvalue weighted by Gasteiger charge is 2.38. The van der Waals surface area contributed by atoms with Crippen LogP contribution in [-0.2, 0) is 0 Å². The Balaban J connectivity index is 2.33. The summed E-state index contributed by atoms with van der Waals surface area (Å²) in [5, 5.41) is 1.87. The van der Waals surface area contributed by atoms with Gasteiger partial charge in [0.05, 0.1) is 0 Å². The van der Waals surface area contributed by atoms with E-state index < -0.39 is 0 Å². The molecule has 0 bridgehead atoms. The Labute approximate surface area is 129 Å². The summed E-state index contributed by atoms with van der Waals surface area (Å²) in [5.74, 6) is 2.84. The summed E-state index contributed by atoms with van der Waals surface area (Å²) >= 11 is 0. The predicted molar refractivity (Wildman–Crippen MR) is 97.7 cm³/mol. The Morgan fingerprint density at radius 1 is 0.800 bits per heavy atom. The first-order valence-electron chi connectivity index (χ1n) is 8.50. The van der Waals surface area contributed by atoms with Gasteiger partial charge in [0, 0.05) is 0 Å². The van der Waals surface area contributed by atoms with Crippen LogP contribution < -0.4 is 0 Å². The summed E-state index contributed by atoms with van der Waals surface area (Å²) in [7, 11) is 0.233. The molecular formula is C18H34P2. The zero-order chi connectivity index (χ0) is 15.1. The lowest BCUT2D eigenvalue weighted by atomic mass is 9.97. The van der Waals surface area contributed by atoms with Gasteiger partial charge in [-0.2, -0.15) is 0 Å². The number of hydrogen-bond acceptors (Lipinski definition) is 0. The molecule has 0 aromatic carbocycles. The van der Waals surface area contributed by atoms with Crippen LogP contribution in [-0.4, -0.2) is 22.6 Å². The standard InChI is InChI=1S/C18H34P2/c1-13-8-9-14(2)19(13)12-17(18(5,6)7)20-15(3)10-11-16(20)4/h12-16H,8-11H2,1-7H3/t13-,14-,15-,16?,20?/m1/s1. The summed E-state index contributed by atoms with van der Waals surface area (Å²) in [6.45, 7) is 17.4. The fraction of sp³-hybridized carbons (Fsp3) is 0.889. The first-order valence-corrected chi connectivity index (χ1v) is 11.5. The average Bonchev–Trinajstić information content (AvgIpc) is 2.81. The highest BCUT2D eigenvalue weighted by molar-refractivity contribution is 7.67. The summed E-state index contributed by atoms with van der Waals surface area (Å²) in [4.78, 5) is 0. The third-order valence-corrected chi connectivity index (χ3v) is 12.4. The smallest absolute Gasteiger partial charge is 0.0127 e. The largest absolute Gasteiger partial charge is 0.0771 e. The van der Waals surface area contributed by atoms with Gasteiger partial charge in [-0.3, -0.25) is 0 Å². The molecule has 0 spiro atoms. The van der Waals surface area contributed by atoms with Gasteiger partial charge >= 0.3 is 0 Å². The fourth-order valence-electron chi connectivity index (χ4n) is 3.93. The third kappa shape index (κ3) is 3.50. The van der Waals surface area contributed by atoms with E-state index in [0.29, 0.717) is 5.41 Å². The Bertz CT molecular complexity index is 346. The molecule has 20 heavy (non-hydrogen) atoms. The molecule has 116 valence electrons. The molecule has 2 aliphatic heterocycles. The normalized spacial score (nSPS) is 40.5. The predicted octanol–water partition coefficient (Wildman–Crippen LogP) is 6.98. The molecule has 0 aliphatic carbocycles. The molecule has 2 fully saturated rings. The Hall–Kier alpha value is 0.600. The minimum Gasteiger partial charge on any atom is -0.0771 e. The van der Waals surface area contributed by atoms with Crippen molar-refractivity contribution in [2.24, 2.45) is 5.41 Å². The van der Waals surface area contributed by atoms with Crippen LogP contribution in [0.2, 0.25) is 0 Å². The number of allylic oxidation sites excluding steroid dienone is 1. The lowest BCUT2D eigenvalue weighted by molar-refractivity contribution is 0.530. The van der Waals surface area contributed by atoms with Crippen LogP contribution >= 0.6 is 15.8 Å². The summed E-state index contributed by atoms with van der Waals surface area (Å²) in [6.07, 6.45) is 5.85. The van der Waals surface area contributed by atoms with Gasteiger partial charge in [0.2, 0.25) is 0 Å². The van der Waals surface area contributed by atoms with Gasteiger partial charge in [-0.15, -0.1) is 0 Å². The molecular weight excluding hydrogens is 278 g/mol. The van der Waals surface area contributed by atoms with Crippen LogP contribution in [0.15, 0.2) is 11.1 Å². The first-order chi connectivity index (χ1) is 9.21. The molecule has 2 heteroatoms. The maximum absolute atomic E-state index is 2.84. The van der Waals surface area contributed by atoms with Crippen LogP contribution in [0.3, 0.4) is 0 Å². The Morgan fingerprint density at radius 3 is 1.60 bits per heavy atom. The first kappa shape index (κ1) is 17.0. The van der Waals surface area contributed by atoms with E-state index in [0.717, 1.165) is 22.6 Å². The van der Waals surface area contributed by atoms with E-state index >= 15 is 0 Å². The van der Waals surface area contributed by atoms with E-state index in [2.05, 4.69) is 54.3 Å². The Kier molecular flexibility index (Phi) is 5.41. The van der Waals surface area contributed by atoms with Gasteiger partial charge in [-0.1, -0.05) is 70.1 Å². The summed E-state index contributed by atoms with van der Waals surface area (Å²) < 4.78 is 0. The third-order valence-electron chi connectivity index (χ3n) is 5.29. The molecule has 0 N–H and O–H groups in total. The molecule has 2 heterocycles. The molecule has 0 aromatic heterocycles. The van der Waals surface area contributed by atoms with Crippen molar-refractivity contribution in [3.05, 3.63) is 11.1 Å². The van der Waals surface area contributed by atoms with Crippen molar-refractivity contribution >= 4 is 15.8 Å². The van der Waals surface area contributed by atoms with Crippen molar-refractivity contribution in [2.45, 2.75) is 96.8 Å². The summed E-state index contributed by atoms with van der Waals surface area (Å²) in [5.41, 5.74) is 4.20. The maximum Gasteiger partial charge on any atom is -0.0127 e. The lowest BCUT2D eigenvalue weighted by Gasteiger charge is -2.35. The van der Waals surface area contributed by atoms with Gasteiger partial charge in [0.1, 0.15) is 0 Å². The quantitative estimate of drug-likeness (QED) is 0.482. The van der Waals surface area contributed by atoms with Crippen molar-refractivity contribution in [1.29, 1.82) is 0 Å². The highest BCUT2D eigenvalue weighted by atomic mass is 31.1. The van der Waals surface area contributed by atoms with Gasteiger partial charge in [-0.05, 0) is 59.0 Å². The molecule has 2 unspecified atom stereocenters. The molecule has 2 aliphatic rings. The second-order valence-corrected chi connectivity index (χ2v) is 14.1. The molecule has 0 radical (unpaired) electrons. The van der Waals surface area contributed by atoms with E-state index in [1.165, 1.54) is 25.7 Å². The Morgan fingerprint density at radius 2 is 1.20 bits per heavy atom. The van der Waals surface area contributed by atoms with Gasteiger partial charge < -0.3 is 0 Å². The van der Waals surface area contributed by atoms with Gasteiger partial charge in [0.25, 0.3) is 0 Å². The molecule has 0 saturated carbocycles. The van der Waals surface area contributed by atoms with Crippen LogP contribution in [0.25, 0.3) is 0 Å². The monoisotopic (exact) mass is 312 g/mol. The number of hydrogen-bond donors (Lipinski definition) is 0. The van der Waals surface area contributed by atoms with E-state index in [1.807, 2.05) is 5.31 Å². The minimum absolute atomic E-state index is 0.104. The van der Waals surface area contributed by atoms with Crippen LogP contribution in [0.4, 0.5) is 0 Å². The van der Waals surface area contributed by atoms with Crippen molar-refractivity contribution < 1.29 is 0 Å². The highest BCUT2D eigenvalue weighted by Crippen LogP contribution is 2.68. The van der Waals surface area contributed by atoms with Crippen molar-refractivity contribution in [3.8, 4) is 0 Å². The topological polar surface area (TPSA) is 0 Å². The zero-order valence-electron chi connectivity index (χ0n) is 14.6. The fourth-order valence-corrected chi connectivity index (χ4v) is 11.3.